The number of hydrogen-bond donors (Lipinski definition) is 0. The van der Waals surface area contributed by atoms with Gasteiger partial charge in [0.2, 0.25) is 0 Å². The van der Waals surface area contributed by atoms with Gasteiger partial charge in [0, 0.05) is 19.3 Å². The normalized spacial score (nSPS) is 14.2. The first-order valence-corrected chi connectivity index (χ1v) is 5.34. The highest BCUT2D eigenvalue weighted by Crippen LogP contribution is 2.22. The van der Waals surface area contributed by atoms with Crippen molar-refractivity contribution in [3.05, 3.63) is 36.2 Å². The van der Waals surface area contributed by atoms with E-state index in [0.29, 0.717) is 12.1 Å². The molecule has 1 aliphatic heterocycles. The number of fused-ring (bicyclic) bond motifs is 1. The van der Waals surface area contributed by atoms with Crippen LogP contribution in [-0.4, -0.2) is 26.3 Å². The molecule has 0 fully saturated rings. The van der Waals surface area contributed by atoms with E-state index < -0.39 is 0 Å². The molecule has 84 valence electrons. The van der Waals surface area contributed by atoms with Gasteiger partial charge < -0.3 is 9.47 Å². The molecule has 0 amide bonds. The van der Waals surface area contributed by atoms with E-state index in [2.05, 4.69) is 26.2 Å². The maximum Gasteiger partial charge on any atom is 0.152 e. The Balaban J connectivity index is 1.95. The van der Waals surface area contributed by atoms with Crippen LogP contribution >= 0.6 is 0 Å². The van der Waals surface area contributed by atoms with E-state index in [1.165, 1.54) is 0 Å². The van der Waals surface area contributed by atoms with Crippen molar-refractivity contribution in [2.75, 3.05) is 11.4 Å². The fraction of sp³-hybridized carbons (Fsp3) is 0.273. The summed E-state index contributed by atoms with van der Waals surface area (Å²) >= 11 is 0. The van der Waals surface area contributed by atoms with Crippen LogP contribution in [0.3, 0.4) is 0 Å². The predicted molar refractivity (Wildman–Crippen MR) is 60.0 cm³/mol. The summed E-state index contributed by atoms with van der Waals surface area (Å²) in [5, 5.41) is 17.0. The molecule has 2 aromatic heterocycles. The summed E-state index contributed by atoms with van der Waals surface area (Å²) in [6, 6.07) is 3.92. The van der Waals surface area contributed by atoms with E-state index in [1.54, 1.807) is 24.8 Å². The van der Waals surface area contributed by atoms with Crippen LogP contribution in [0.25, 0.3) is 0 Å². The fourth-order valence-corrected chi connectivity index (χ4v) is 2.00. The lowest BCUT2D eigenvalue weighted by molar-refractivity contribution is 0.559. The Hall–Kier alpha value is -2.42. The molecule has 0 atom stereocenters. The number of pyridine rings is 1. The molecule has 0 unspecified atom stereocenters. The summed E-state index contributed by atoms with van der Waals surface area (Å²) in [7, 11) is 0. The number of rotatable bonds is 1. The third-order valence-corrected chi connectivity index (χ3v) is 2.90. The topological polar surface area (TPSA) is 70.6 Å². The van der Waals surface area contributed by atoms with Gasteiger partial charge >= 0.3 is 0 Å². The number of nitrogens with zero attached hydrogens (tertiary/aromatic N) is 6. The molecule has 0 saturated heterocycles. The van der Waals surface area contributed by atoms with Gasteiger partial charge in [-0.2, -0.15) is 5.26 Å². The van der Waals surface area contributed by atoms with Gasteiger partial charge in [-0.15, -0.1) is 10.2 Å². The Labute approximate surface area is 98.1 Å². The summed E-state index contributed by atoms with van der Waals surface area (Å²) in [5.74, 6) is 0.920. The van der Waals surface area contributed by atoms with Crippen LogP contribution in [0.2, 0.25) is 0 Å². The van der Waals surface area contributed by atoms with E-state index in [9.17, 15) is 0 Å². The van der Waals surface area contributed by atoms with Gasteiger partial charge in [-0.3, -0.25) is 4.98 Å². The van der Waals surface area contributed by atoms with Crippen molar-refractivity contribution < 1.29 is 0 Å². The summed E-state index contributed by atoms with van der Waals surface area (Å²) < 4.78 is 2.03. The number of nitriles is 1. The predicted octanol–water partition coefficient (Wildman–Crippen LogP) is 0.565. The molecule has 3 heterocycles. The van der Waals surface area contributed by atoms with Crippen LogP contribution in [0.15, 0.2) is 24.8 Å². The molecule has 6 heteroatoms. The van der Waals surface area contributed by atoms with Gasteiger partial charge in [-0.05, 0) is 6.07 Å². The van der Waals surface area contributed by atoms with Crippen LogP contribution < -0.4 is 4.90 Å². The molecule has 0 spiro atoms. The third kappa shape index (κ3) is 1.61. The monoisotopic (exact) mass is 226 g/mol. The molecular weight excluding hydrogens is 216 g/mol. The highest BCUT2D eigenvalue weighted by Gasteiger charge is 2.19. The fourth-order valence-electron chi connectivity index (χ4n) is 2.00. The van der Waals surface area contributed by atoms with Crippen LogP contribution in [0, 0.1) is 11.3 Å². The Morgan fingerprint density at radius 1 is 1.35 bits per heavy atom. The van der Waals surface area contributed by atoms with Gasteiger partial charge in [0.25, 0.3) is 0 Å². The van der Waals surface area contributed by atoms with Gasteiger partial charge in [-0.1, -0.05) is 0 Å². The molecule has 6 nitrogen and oxygen atoms in total. The average Bonchev–Trinajstić information content (AvgIpc) is 2.85. The SMILES string of the molecule is N#Cc1ccncc1N1CCn2cnnc2C1. The number of hydrogen-bond acceptors (Lipinski definition) is 5. The van der Waals surface area contributed by atoms with E-state index >= 15 is 0 Å². The first-order valence-electron chi connectivity index (χ1n) is 5.34. The lowest BCUT2D eigenvalue weighted by Gasteiger charge is -2.29. The maximum atomic E-state index is 9.07. The molecule has 0 aromatic carbocycles. The highest BCUT2D eigenvalue weighted by atomic mass is 15.3. The van der Waals surface area contributed by atoms with Crippen LogP contribution in [-0.2, 0) is 13.1 Å². The van der Waals surface area contributed by atoms with Crippen molar-refractivity contribution in [1.82, 2.24) is 19.7 Å². The molecular formula is C11H10N6. The van der Waals surface area contributed by atoms with Crippen LogP contribution in [0.1, 0.15) is 11.4 Å². The number of aromatic nitrogens is 4. The standard InChI is InChI=1S/C11H10N6/c12-5-9-1-2-13-6-10(9)16-3-4-17-8-14-15-11(17)7-16/h1-2,6,8H,3-4,7H2. The zero-order chi connectivity index (χ0) is 11.7. The van der Waals surface area contributed by atoms with Crippen molar-refractivity contribution in [3.8, 4) is 6.07 Å². The Morgan fingerprint density at radius 2 is 2.29 bits per heavy atom. The van der Waals surface area contributed by atoms with Gasteiger partial charge in [0.1, 0.15) is 12.4 Å². The smallest absolute Gasteiger partial charge is 0.152 e. The molecule has 0 saturated carbocycles. The largest absolute Gasteiger partial charge is 0.360 e. The Bertz CT molecular complexity index is 582. The Morgan fingerprint density at radius 3 is 3.18 bits per heavy atom. The van der Waals surface area contributed by atoms with E-state index in [1.807, 2.05) is 4.57 Å². The molecule has 0 bridgehead atoms. The van der Waals surface area contributed by atoms with Crippen molar-refractivity contribution in [2.24, 2.45) is 0 Å². The minimum absolute atomic E-state index is 0.646. The third-order valence-electron chi connectivity index (χ3n) is 2.90. The van der Waals surface area contributed by atoms with Crippen LogP contribution in [0.4, 0.5) is 5.69 Å². The van der Waals surface area contributed by atoms with Gasteiger partial charge in [0.15, 0.2) is 5.82 Å². The summed E-state index contributed by atoms with van der Waals surface area (Å²) in [6.45, 7) is 2.34. The molecule has 3 rings (SSSR count). The molecule has 17 heavy (non-hydrogen) atoms. The van der Waals surface area contributed by atoms with Crippen molar-refractivity contribution in [2.45, 2.75) is 13.1 Å². The molecule has 0 N–H and O–H groups in total. The Kier molecular flexibility index (Phi) is 2.22. The first-order chi connectivity index (χ1) is 8.38. The van der Waals surface area contributed by atoms with E-state index in [0.717, 1.165) is 24.6 Å². The zero-order valence-electron chi connectivity index (χ0n) is 9.11. The second-order valence-corrected chi connectivity index (χ2v) is 3.87. The second-order valence-electron chi connectivity index (χ2n) is 3.87. The maximum absolute atomic E-state index is 9.07. The van der Waals surface area contributed by atoms with Gasteiger partial charge in [0.05, 0.1) is 24.0 Å². The quantitative estimate of drug-likeness (QED) is 0.710. The summed E-state index contributed by atoms with van der Waals surface area (Å²) in [6.07, 6.45) is 5.10. The highest BCUT2D eigenvalue weighted by molar-refractivity contribution is 5.57. The number of anilines is 1. The van der Waals surface area contributed by atoms with Crippen molar-refractivity contribution in [1.29, 1.82) is 5.26 Å². The average molecular weight is 226 g/mol. The molecule has 0 radical (unpaired) electrons. The van der Waals surface area contributed by atoms with Crippen LogP contribution in [0.5, 0.6) is 0 Å². The summed E-state index contributed by atoms with van der Waals surface area (Å²) in [4.78, 5) is 6.18. The zero-order valence-corrected chi connectivity index (χ0v) is 9.11. The van der Waals surface area contributed by atoms with Crippen molar-refractivity contribution >= 4 is 5.69 Å². The molecule has 0 aliphatic carbocycles. The minimum atomic E-state index is 0.646. The lowest BCUT2D eigenvalue weighted by Crippen LogP contribution is -2.34. The lowest BCUT2D eigenvalue weighted by atomic mass is 10.2. The summed E-state index contributed by atoms with van der Waals surface area (Å²) in [5.41, 5.74) is 1.51. The minimum Gasteiger partial charge on any atom is -0.360 e. The van der Waals surface area contributed by atoms with E-state index in [-0.39, 0.29) is 0 Å². The first kappa shape index (κ1) is 9.78. The second kappa shape index (κ2) is 3.87. The van der Waals surface area contributed by atoms with E-state index in [4.69, 9.17) is 5.26 Å². The molecule has 1 aliphatic rings. The van der Waals surface area contributed by atoms with Gasteiger partial charge in [-0.25, -0.2) is 0 Å². The molecule has 2 aromatic rings. The van der Waals surface area contributed by atoms with Crippen molar-refractivity contribution in [3.63, 3.8) is 0 Å².